The summed E-state index contributed by atoms with van der Waals surface area (Å²) in [5.41, 5.74) is 5.77. The number of para-hydroxylation sites is 1. The number of hydrogen-bond acceptors (Lipinski definition) is 9. The highest BCUT2D eigenvalue weighted by Crippen LogP contribution is 2.36. The molecule has 0 radical (unpaired) electrons. The third kappa shape index (κ3) is 7.81. The summed E-state index contributed by atoms with van der Waals surface area (Å²) in [7, 11) is -1.31. The van der Waals surface area contributed by atoms with Gasteiger partial charge in [-0.25, -0.2) is 4.79 Å². The number of esters is 2. The fraction of sp³-hybridized carbons (Fsp3) is 0.385. The minimum Gasteiger partial charge on any atom is -0.535 e. The summed E-state index contributed by atoms with van der Waals surface area (Å²) in [6.45, 7) is 4.23. The lowest BCUT2D eigenvalue weighted by Crippen LogP contribution is -2.36. The number of carbonyl (C=O) groups excluding carboxylic acids is 4. The maximum absolute atomic E-state index is 12.7. The summed E-state index contributed by atoms with van der Waals surface area (Å²) < 4.78 is 20.9. The number of rotatable bonds is 10. The molecule has 10 nitrogen and oxygen atoms in total. The molecule has 3 rings (SSSR count). The van der Waals surface area contributed by atoms with Gasteiger partial charge in [0.05, 0.1) is 5.41 Å². The quantitative estimate of drug-likeness (QED) is 0.278. The molecule has 2 aromatic rings. The lowest BCUT2D eigenvalue weighted by Gasteiger charge is -2.28. The second-order valence-electron chi connectivity index (χ2n) is 9.82. The summed E-state index contributed by atoms with van der Waals surface area (Å²) in [4.78, 5) is 48.0. The molecule has 0 saturated carbocycles. The molecule has 1 aliphatic heterocycles. The predicted octanol–water partition coefficient (Wildman–Crippen LogP) is 2.24. The van der Waals surface area contributed by atoms with Gasteiger partial charge in [0.2, 0.25) is 6.79 Å². The van der Waals surface area contributed by atoms with Gasteiger partial charge in [0.1, 0.15) is 22.8 Å². The van der Waals surface area contributed by atoms with Crippen LogP contribution in [0.3, 0.4) is 0 Å². The number of benzene rings is 2. The lowest BCUT2D eigenvalue weighted by molar-refractivity contribution is -0.161. The number of fused-ring (bicyclic) bond motifs is 1. The Balaban J connectivity index is 1.60. The van der Waals surface area contributed by atoms with E-state index < -0.39 is 43.0 Å². The normalized spacial score (nSPS) is 14.7. The third-order valence-electron chi connectivity index (χ3n) is 5.60. The number of ketones is 1. The van der Waals surface area contributed by atoms with Crippen molar-refractivity contribution >= 4 is 30.7 Å². The molecule has 1 atom stereocenters. The zero-order chi connectivity index (χ0) is 27.2. The van der Waals surface area contributed by atoms with Gasteiger partial charge in [0, 0.05) is 18.7 Å². The number of ether oxygens (including phenoxy) is 3. The van der Waals surface area contributed by atoms with E-state index in [1.54, 1.807) is 57.2 Å². The Morgan fingerprint density at radius 3 is 2.54 bits per heavy atom. The summed E-state index contributed by atoms with van der Waals surface area (Å²) in [6.07, 6.45) is 0.456. The van der Waals surface area contributed by atoms with Gasteiger partial charge in [-0.05, 0) is 56.5 Å². The van der Waals surface area contributed by atoms with E-state index in [-0.39, 0.29) is 36.5 Å². The van der Waals surface area contributed by atoms with Gasteiger partial charge < -0.3 is 29.6 Å². The molecule has 1 heterocycles. The highest BCUT2D eigenvalue weighted by Gasteiger charge is 2.38. The van der Waals surface area contributed by atoms with E-state index in [0.29, 0.717) is 23.3 Å². The van der Waals surface area contributed by atoms with Crippen molar-refractivity contribution in [2.75, 3.05) is 13.4 Å². The van der Waals surface area contributed by atoms with Crippen LogP contribution in [0.1, 0.15) is 48.7 Å². The zero-order valence-electron chi connectivity index (χ0n) is 21.0. The molecule has 0 bridgehead atoms. The fourth-order valence-corrected chi connectivity index (χ4v) is 3.74. The Kier molecular flexibility index (Phi) is 8.93. The Hall–Kier alpha value is -3.86. The van der Waals surface area contributed by atoms with Crippen molar-refractivity contribution in [3.8, 4) is 11.5 Å². The van der Waals surface area contributed by atoms with E-state index in [1.807, 2.05) is 0 Å². The van der Waals surface area contributed by atoms with Crippen LogP contribution in [0.5, 0.6) is 11.5 Å². The summed E-state index contributed by atoms with van der Waals surface area (Å²) in [5, 5.41) is 10.6. The van der Waals surface area contributed by atoms with Crippen molar-refractivity contribution in [1.82, 2.24) is 0 Å². The first-order valence-corrected chi connectivity index (χ1v) is 11.8. The van der Waals surface area contributed by atoms with Crippen LogP contribution in [0, 0.1) is 5.41 Å². The van der Waals surface area contributed by atoms with E-state index in [2.05, 4.69) is 0 Å². The van der Waals surface area contributed by atoms with Crippen LogP contribution in [0.2, 0.25) is 5.82 Å². The standard InChI is InChI=1S/C26H30BNO9/c1-26(2,3)25(32)36-15-35-24(31)21-9-5-7-17-12-18(27(33)37-23(17)21)13-19(29)10-16-6-4-8-20(11-16)34-14-22(28)30/h4-9,11,18,33H,10,12-15H2,1-3H3,(H2,28,30)/t18-/m1/s1. The molecular formula is C26H30BNO9. The average molecular weight is 511 g/mol. The lowest BCUT2D eigenvalue weighted by atomic mass is 9.64. The first-order valence-electron chi connectivity index (χ1n) is 11.8. The zero-order valence-corrected chi connectivity index (χ0v) is 21.0. The maximum Gasteiger partial charge on any atom is 0.526 e. The molecule has 0 aliphatic carbocycles. The minimum atomic E-state index is -1.31. The average Bonchev–Trinajstić information content (AvgIpc) is 2.82. The van der Waals surface area contributed by atoms with Gasteiger partial charge in [-0.3, -0.25) is 14.4 Å². The Morgan fingerprint density at radius 1 is 1.11 bits per heavy atom. The molecule has 0 aromatic heterocycles. The second kappa shape index (κ2) is 11.9. The van der Waals surface area contributed by atoms with Gasteiger partial charge in [0.25, 0.3) is 5.91 Å². The number of carbonyl (C=O) groups is 4. The van der Waals surface area contributed by atoms with Gasteiger partial charge in [0.15, 0.2) is 6.61 Å². The van der Waals surface area contributed by atoms with Crippen LogP contribution < -0.4 is 15.1 Å². The minimum absolute atomic E-state index is 0.0460. The predicted molar refractivity (Wildman–Crippen MR) is 133 cm³/mol. The molecule has 1 amide bonds. The van der Waals surface area contributed by atoms with E-state index in [0.717, 1.165) is 0 Å². The number of hydrogen-bond donors (Lipinski definition) is 2. The van der Waals surface area contributed by atoms with Crippen molar-refractivity contribution in [2.24, 2.45) is 11.1 Å². The Morgan fingerprint density at radius 2 is 1.84 bits per heavy atom. The number of nitrogens with two attached hydrogens (primary N) is 1. The van der Waals surface area contributed by atoms with E-state index in [9.17, 15) is 24.2 Å². The molecule has 37 heavy (non-hydrogen) atoms. The van der Waals surface area contributed by atoms with E-state index >= 15 is 0 Å². The highest BCUT2D eigenvalue weighted by atomic mass is 16.7. The molecule has 0 spiro atoms. The van der Waals surface area contributed by atoms with Crippen LogP contribution in [0.25, 0.3) is 0 Å². The third-order valence-corrected chi connectivity index (χ3v) is 5.60. The van der Waals surface area contributed by atoms with Gasteiger partial charge in [-0.15, -0.1) is 0 Å². The van der Waals surface area contributed by atoms with Crippen LogP contribution in [-0.4, -0.2) is 49.2 Å². The first kappa shape index (κ1) is 27.7. The molecule has 3 N–H and O–H groups in total. The van der Waals surface area contributed by atoms with Crippen molar-refractivity contribution in [3.63, 3.8) is 0 Å². The summed E-state index contributed by atoms with van der Waals surface area (Å²) >= 11 is 0. The van der Waals surface area contributed by atoms with Crippen LogP contribution in [0.15, 0.2) is 42.5 Å². The van der Waals surface area contributed by atoms with Gasteiger partial charge >= 0.3 is 19.1 Å². The Labute approximate surface area is 215 Å². The molecule has 11 heteroatoms. The smallest absolute Gasteiger partial charge is 0.526 e. The molecule has 0 unspecified atom stereocenters. The van der Waals surface area contributed by atoms with Gasteiger partial charge in [-0.1, -0.05) is 24.3 Å². The summed E-state index contributed by atoms with van der Waals surface area (Å²) in [5.74, 6) is -1.93. The van der Waals surface area contributed by atoms with Crippen molar-refractivity contribution in [3.05, 3.63) is 59.2 Å². The monoisotopic (exact) mass is 511 g/mol. The summed E-state index contributed by atoms with van der Waals surface area (Å²) in [6, 6.07) is 11.7. The molecule has 2 aromatic carbocycles. The van der Waals surface area contributed by atoms with Crippen molar-refractivity contribution < 1.29 is 43.1 Å². The molecule has 196 valence electrons. The topological polar surface area (TPSA) is 151 Å². The van der Waals surface area contributed by atoms with Crippen molar-refractivity contribution in [2.45, 2.75) is 45.9 Å². The van der Waals surface area contributed by atoms with Gasteiger partial charge in [-0.2, -0.15) is 0 Å². The van der Waals surface area contributed by atoms with Crippen LogP contribution >= 0.6 is 0 Å². The largest absolute Gasteiger partial charge is 0.535 e. The molecule has 1 aliphatic rings. The molecule has 0 saturated heterocycles. The van der Waals surface area contributed by atoms with Crippen molar-refractivity contribution in [1.29, 1.82) is 0 Å². The SMILES string of the molecule is CC(C)(C)C(=O)OCOC(=O)c1cccc2c1OB(O)[C@@H](CC(=O)Cc1cccc(OCC(N)=O)c1)C2. The number of Topliss-reactive ketones (excluding diaryl/α,β-unsaturated/α-hetero) is 1. The maximum atomic E-state index is 12.7. The number of amides is 1. The highest BCUT2D eigenvalue weighted by molar-refractivity contribution is 6.47. The van der Waals surface area contributed by atoms with Crippen LogP contribution in [-0.2, 0) is 36.7 Å². The van der Waals surface area contributed by atoms with E-state index in [1.165, 1.54) is 6.07 Å². The number of primary amides is 1. The first-order chi connectivity index (χ1) is 17.4. The molecule has 0 fully saturated rings. The second-order valence-corrected chi connectivity index (χ2v) is 9.82. The fourth-order valence-electron chi connectivity index (χ4n) is 3.74. The van der Waals surface area contributed by atoms with Crippen LogP contribution in [0.4, 0.5) is 0 Å². The molecular weight excluding hydrogens is 481 g/mol. The Bertz CT molecular complexity index is 1170. The van der Waals surface area contributed by atoms with E-state index in [4.69, 9.17) is 24.6 Å².